The predicted molar refractivity (Wildman–Crippen MR) is 109 cm³/mol. The first-order valence-electron chi connectivity index (χ1n) is 10.1. The normalized spacial score (nSPS) is 16.3. The third-order valence-corrected chi connectivity index (χ3v) is 4.67. The second-order valence-electron chi connectivity index (χ2n) is 7.19. The first kappa shape index (κ1) is 26.5. The molecule has 6 N–H and O–H groups in total. The Bertz CT molecular complexity index is 505. The van der Waals surface area contributed by atoms with E-state index < -0.39 is 30.3 Å². The number of aliphatic hydroxyl groups is 3. The van der Waals surface area contributed by atoms with Crippen LogP contribution in [0.25, 0.3) is 0 Å². The molecule has 7 nitrogen and oxygen atoms in total. The maximum Gasteiger partial charge on any atom is 0.328 e. The number of carboxylic acids is 1. The molecule has 0 saturated carbocycles. The molecule has 0 aromatic heterocycles. The monoisotopic (exact) mass is 399 g/mol. The number of hydrogen-bond acceptors (Lipinski definition) is 6. The van der Waals surface area contributed by atoms with E-state index in [9.17, 15) is 19.8 Å². The van der Waals surface area contributed by atoms with Crippen molar-refractivity contribution >= 4 is 11.8 Å². The lowest BCUT2D eigenvalue weighted by atomic mass is 9.89. The Kier molecular flexibility index (Phi) is 14.5. The largest absolute Gasteiger partial charge is 0.480 e. The second kappa shape index (κ2) is 15.4. The molecule has 28 heavy (non-hydrogen) atoms. The first-order valence-corrected chi connectivity index (χ1v) is 10.1. The average Bonchev–Trinajstić information content (AvgIpc) is 2.68. The molecule has 0 saturated heterocycles. The number of carboxylic acid groups (broad SMARTS) is 1. The Morgan fingerprint density at radius 3 is 2.21 bits per heavy atom. The number of nitrogens with two attached hydrogens (primary N) is 1. The van der Waals surface area contributed by atoms with E-state index >= 15 is 0 Å². The van der Waals surface area contributed by atoms with Crippen molar-refractivity contribution in [3.05, 3.63) is 24.3 Å². The van der Waals surface area contributed by atoms with E-state index in [1.165, 1.54) is 6.42 Å². The molecule has 0 amide bonds. The summed E-state index contributed by atoms with van der Waals surface area (Å²) in [6.45, 7) is 1.17. The van der Waals surface area contributed by atoms with E-state index in [-0.39, 0.29) is 12.2 Å². The Balaban J connectivity index is 3.92. The lowest BCUT2D eigenvalue weighted by Crippen LogP contribution is -2.63. The summed E-state index contributed by atoms with van der Waals surface area (Å²) in [5.74, 6) is -1.39. The minimum absolute atomic E-state index is 0.0415. The van der Waals surface area contributed by atoms with E-state index in [1.807, 2.05) is 12.2 Å². The quantitative estimate of drug-likeness (QED) is 0.143. The van der Waals surface area contributed by atoms with Gasteiger partial charge in [-0.3, -0.25) is 9.59 Å². The van der Waals surface area contributed by atoms with E-state index in [4.69, 9.17) is 15.9 Å². The minimum atomic E-state index is -2.28. The van der Waals surface area contributed by atoms with Gasteiger partial charge in [-0.1, -0.05) is 44.4 Å². The van der Waals surface area contributed by atoms with Crippen molar-refractivity contribution in [1.29, 1.82) is 0 Å². The van der Waals surface area contributed by atoms with Crippen molar-refractivity contribution in [3.8, 4) is 0 Å². The summed E-state index contributed by atoms with van der Waals surface area (Å²) in [5.41, 5.74) is 3.15. The molecular formula is C21H37NO6. The highest BCUT2D eigenvalue weighted by molar-refractivity contribution is 5.89. The number of aliphatic hydroxyl groups excluding tert-OH is 3. The van der Waals surface area contributed by atoms with Gasteiger partial charge in [-0.05, 0) is 44.6 Å². The van der Waals surface area contributed by atoms with Gasteiger partial charge in [0.05, 0.1) is 12.7 Å². The molecule has 0 aromatic carbocycles. The molecule has 0 aliphatic heterocycles. The van der Waals surface area contributed by atoms with Crippen molar-refractivity contribution in [1.82, 2.24) is 0 Å². The van der Waals surface area contributed by atoms with Gasteiger partial charge < -0.3 is 26.2 Å². The molecule has 0 heterocycles. The van der Waals surface area contributed by atoms with Crippen LogP contribution in [0.5, 0.6) is 0 Å². The Labute approximate surface area is 167 Å². The van der Waals surface area contributed by atoms with Crippen LogP contribution in [0.1, 0.15) is 71.1 Å². The average molecular weight is 400 g/mol. The standard InChI is InChI=1S/C21H37NO6/c1-2-3-4-10-13-17(24)14-11-8-6-5-7-9-12-15-18(25)19(26)21(22,16-23)20(27)28/h9,11-12,14,18-19,23,25-26H,2-8,10,13,15-16,22H2,1H3,(H,27,28)/t18-,19+,21+/m1/s1. The van der Waals surface area contributed by atoms with Gasteiger partial charge >= 0.3 is 5.97 Å². The van der Waals surface area contributed by atoms with Crippen molar-refractivity contribution in [2.45, 2.75) is 88.9 Å². The summed E-state index contributed by atoms with van der Waals surface area (Å²) in [6, 6.07) is 0. The number of carbonyl (C=O) groups excluding carboxylic acids is 1. The van der Waals surface area contributed by atoms with Crippen LogP contribution in [0.15, 0.2) is 24.3 Å². The predicted octanol–water partition coefficient (Wildman–Crippen LogP) is 2.08. The van der Waals surface area contributed by atoms with Crippen LogP contribution >= 0.6 is 0 Å². The minimum Gasteiger partial charge on any atom is -0.480 e. The molecule has 0 spiro atoms. The summed E-state index contributed by atoms with van der Waals surface area (Å²) in [5, 5.41) is 37.7. The highest BCUT2D eigenvalue weighted by Crippen LogP contribution is 2.14. The third-order valence-electron chi connectivity index (χ3n) is 4.67. The van der Waals surface area contributed by atoms with Crippen molar-refractivity contribution in [3.63, 3.8) is 0 Å². The third kappa shape index (κ3) is 10.7. The highest BCUT2D eigenvalue weighted by atomic mass is 16.4. The summed E-state index contributed by atoms with van der Waals surface area (Å²) in [7, 11) is 0. The summed E-state index contributed by atoms with van der Waals surface area (Å²) in [6.07, 6.45) is 12.4. The van der Waals surface area contributed by atoms with Crippen LogP contribution in [0.4, 0.5) is 0 Å². The Hall–Kier alpha value is -1.54. The lowest BCUT2D eigenvalue weighted by molar-refractivity contribution is -0.155. The zero-order chi connectivity index (χ0) is 21.4. The van der Waals surface area contributed by atoms with Gasteiger partial charge in [0.15, 0.2) is 11.3 Å². The molecule has 162 valence electrons. The molecular weight excluding hydrogens is 362 g/mol. The maximum absolute atomic E-state index is 11.6. The van der Waals surface area contributed by atoms with Crippen molar-refractivity contribution in [2.24, 2.45) is 5.73 Å². The first-order chi connectivity index (χ1) is 13.3. The number of hydrogen-bond donors (Lipinski definition) is 5. The van der Waals surface area contributed by atoms with Gasteiger partial charge in [-0.25, -0.2) is 0 Å². The number of ketones is 1. The highest BCUT2D eigenvalue weighted by Gasteiger charge is 2.44. The molecule has 0 radical (unpaired) electrons. The number of carbonyl (C=O) groups is 2. The lowest BCUT2D eigenvalue weighted by Gasteiger charge is -2.30. The van der Waals surface area contributed by atoms with Crippen LogP contribution < -0.4 is 5.73 Å². The molecule has 0 aromatic rings. The van der Waals surface area contributed by atoms with E-state index in [0.717, 1.165) is 44.9 Å². The van der Waals surface area contributed by atoms with Crippen LogP contribution in [0.2, 0.25) is 0 Å². The molecule has 0 aliphatic rings. The number of rotatable bonds is 17. The zero-order valence-corrected chi connectivity index (χ0v) is 16.9. The van der Waals surface area contributed by atoms with Gasteiger partial charge in [0.1, 0.15) is 6.10 Å². The van der Waals surface area contributed by atoms with Gasteiger partial charge in [0.25, 0.3) is 0 Å². The second-order valence-corrected chi connectivity index (χ2v) is 7.19. The summed E-state index contributed by atoms with van der Waals surface area (Å²) in [4.78, 5) is 22.6. The van der Waals surface area contributed by atoms with E-state index in [0.29, 0.717) is 6.42 Å². The van der Waals surface area contributed by atoms with Gasteiger partial charge in [-0.2, -0.15) is 0 Å². The van der Waals surface area contributed by atoms with E-state index in [2.05, 4.69) is 6.92 Å². The van der Waals surface area contributed by atoms with E-state index in [1.54, 1.807) is 12.2 Å². The summed E-state index contributed by atoms with van der Waals surface area (Å²) >= 11 is 0. The summed E-state index contributed by atoms with van der Waals surface area (Å²) < 4.78 is 0. The molecule has 0 unspecified atom stereocenters. The molecule has 0 aliphatic carbocycles. The molecule has 0 bridgehead atoms. The smallest absolute Gasteiger partial charge is 0.328 e. The SMILES string of the molecule is CCCCCCC(=O)C=CCCCCC=CC[C@@H](O)[C@H](O)[C@@](N)(CO)C(=O)O. The fourth-order valence-electron chi connectivity index (χ4n) is 2.66. The number of allylic oxidation sites excluding steroid dienone is 3. The van der Waals surface area contributed by atoms with Crippen LogP contribution in [-0.2, 0) is 9.59 Å². The molecule has 3 atom stereocenters. The van der Waals surface area contributed by atoms with Crippen LogP contribution in [-0.4, -0.2) is 56.5 Å². The number of unbranched alkanes of at least 4 members (excludes halogenated alkanes) is 6. The zero-order valence-electron chi connectivity index (χ0n) is 16.9. The van der Waals surface area contributed by atoms with Crippen molar-refractivity contribution < 1.29 is 30.0 Å². The topological polar surface area (TPSA) is 141 Å². The van der Waals surface area contributed by atoms with Gasteiger partial charge in [-0.15, -0.1) is 0 Å². The molecule has 7 heteroatoms. The molecule has 0 fully saturated rings. The Morgan fingerprint density at radius 2 is 1.64 bits per heavy atom. The Morgan fingerprint density at radius 1 is 1.00 bits per heavy atom. The fourth-order valence-corrected chi connectivity index (χ4v) is 2.66. The maximum atomic E-state index is 11.6. The van der Waals surface area contributed by atoms with Gasteiger partial charge in [0.2, 0.25) is 0 Å². The van der Waals surface area contributed by atoms with Crippen LogP contribution in [0.3, 0.4) is 0 Å². The molecule has 0 rings (SSSR count). The van der Waals surface area contributed by atoms with Crippen molar-refractivity contribution in [2.75, 3.05) is 6.61 Å². The number of aliphatic carboxylic acids is 1. The van der Waals surface area contributed by atoms with Gasteiger partial charge in [0, 0.05) is 6.42 Å². The van der Waals surface area contributed by atoms with Crippen LogP contribution in [0, 0.1) is 0 Å². The fraction of sp³-hybridized carbons (Fsp3) is 0.714.